The molecule has 9 atom stereocenters. The van der Waals surface area contributed by atoms with Gasteiger partial charge in [0.05, 0.1) is 7.11 Å². The molecule has 45 heavy (non-hydrogen) atoms. The Balaban J connectivity index is 1.15. The maximum atomic E-state index is 13.1. The number of carbonyl (C=O) groups is 1. The molecule has 5 aliphatic carbocycles. The molecular weight excluding hydrogens is 556 g/mol. The van der Waals surface area contributed by atoms with Crippen LogP contribution in [0, 0.1) is 56.7 Å². The second-order valence-corrected chi connectivity index (χ2v) is 17.5. The van der Waals surface area contributed by atoms with E-state index in [1.165, 1.54) is 83.0 Å². The zero-order chi connectivity index (χ0) is 32.6. The van der Waals surface area contributed by atoms with Gasteiger partial charge in [0, 0.05) is 11.5 Å². The summed E-state index contributed by atoms with van der Waals surface area (Å²) in [5.41, 5.74) is 3.97. The van der Waals surface area contributed by atoms with E-state index in [0.717, 1.165) is 29.7 Å². The minimum absolute atomic E-state index is 0.0410. The molecule has 6 rings (SSSR count). The highest BCUT2D eigenvalue weighted by molar-refractivity contribution is 5.87. The van der Waals surface area contributed by atoms with Gasteiger partial charge in [-0.25, -0.2) is 4.79 Å². The summed E-state index contributed by atoms with van der Waals surface area (Å²) in [5, 5.41) is 9.89. The quantitative estimate of drug-likeness (QED) is 0.170. The molecule has 5 fully saturated rings. The molecule has 4 nitrogen and oxygen atoms in total. The Kier molecular flexibility index (Phi) is 8.13. The Hall–Kier alpha value is -2.23. The van der Waals surface area contributed by atoms with Gasteiger partial charge in [-0.2, -0.15) is 0 Å². The van der Waals surface area contributed by atoms with Crippen molar-refractivity contribution < 1.29 is 19.4 Å². The molecule has 0 aliphatic heterocycles. The van der Waals surface area contributed by atoms with Crippen LogP contribution in [0.15, 0.2) is 36.4 Å². The van der Waals surface area contributed by atoms with E-state index in [1.807, 2.05) is 0 Å². The molecule has 0 heterocycles. The maximum absolute atomic E-state index is 13.1. The summed E-state index contributed by atoms with van der Waals surface area (Å²) in [6.45, 7) is 21.7. The standard InChI is InChI=1S/C41H60O4/c1-26(2)27(3)10-11-28(4)30-14-16-34-38(30,7)22-23-41-25-40(41)21-19-35(37(5,6)33(40)18-20-39(34,41)8)45-36(43)17-13-29-12-15-31(42)32(24-29)44-9/h12-13,15,17,24,26,28,30,33-35,42H,3,10-11,14,16,18-23,25H2,1-2,4-9H3/b17-13-/t28-,30-,33+,34-,35+,38-,39+,40-,41-/m1/s1. The van der Waals surface area contributed by atoms with E-state index >= 15 is 0 Å². The van der Waals surface area contributed by atoms with Crippen molar-refractivity contribution in [3.8, 4) is 11.5 Å². The van der Waals surface area contributed by atoms with E-state index < -0.39 is 0 Å². The van der Waals surface area contributed by atoms with Gasteiger partial charge in [0.1, 0.15) is 6.10 Å². The second kappa shape index (κ2) is 11.2. The van der Waals surface area contributed by atoms with Crippen LogP contribution in [0.3, 0.4) is 0 Å². The number of carbonyl (C=O) groups excluding carboxylic acids is 1. The van der Waals surface area contributed by atoms with Crippen LogP contribution in [0.5, 0.6) is 11.5 Å². The second-order valence-electron chi connectivity index (χ2n) is 17.5. The van der Waals surface area contributed by atoms with Crippen LogP contribution in [-0.4, -0.2) is 24.3 Å². The van der Waals surface area contributed by atoms with Crippen molar-refractivity contribution in [2.24, 2.45) is 56.7 Å². The molecule has 1 aromatic rings. The summed E-state index contributed by atoms with van der Waals surface area (Å²) in [7, 11) is 1.52. The average Bonchev–Trinajstić information content (AvgIpc) is 3.53. The molecule has 1 N–H and O–H groups in total. The molecule has 0 unspecified atom stereocenters. The van der Waals surface area contributed by atoms with Gasteiger partial charge in [-0.1, -0.05) is 66.7 Å². The van der Waals surface area contributed by atoms with Crippen molar-refractivity contribution in [2.45, 2.75) is 125 Å². The minimum Gasteiger partial charge on any atom is -0.504 e. The Morgan fingerprint density at radius 2 is 1.78 bits per heavy atom. The molecule has 1 aromatic carbocycles. The number of rotatable bonds is 9. The van der Waals surface area contributed by atoms with Gasteiger partial charge in [-0.3, -0.25) is 0 Å². The average molecular weight is 617 g/mol. The summed E-state index contributed by atoms with van der Waals surface area (Å²) in [6, 6.07) is 5.08. The molecule has 2 spiro atoms. The number of hydrogen-bond acceptors (Lipinski definition) is 4. The summed E-state index contributed by atoms with van der Waals surface area (Å²) >= 11 is 0. The van der Waals surface area contributed by atoms with Crippen molar-refractivity contribution in [3.05, 3.63) is 42.0 Å². The Bertz CT molecular complexity index is 1360. The Labute approximate surface area is 273 Å². The number of allylic oxidation sites excluding steroid dienone is 1. The zero-order valence-electron chi connectivity index (χ0n) is 29.5. The van der Waals surface area contributed by atoms with Gasteiger partial charge >= 0.3 is 5.97 Å². The number of aromatic hydroxyl groups is 1. The van der Waals surface area contributed by atoms with Crippen molar-refractivity contribution in [1.82, 2.24) is 0 Å². The number of hydrogen-bond donors (Lipinski definition) is 1. The molecule has 5 aliphatic rings. The third-order valence-corrected chi connectivity index (χ3v) is 15.3. The van der Waals surface area contributed by atoms with Crippen LogP contribution < -0.4 is 4.74 Å². The van der Waals surface area contributed by atoms with Crippen LogP contribution in [0.25, 0.3) is 6.08 Å². The molecule has 0 amide bonds. The lowest BCUT2D eigenvalue weighted by Gasteiger charge is -2.64. The van der Waals surface area contributed by atoms with Crippen LogP contribution in [0.4, 0.5) is 0 Å². The summed E-state index contributed by atoms with van der Waals surface area (Å²) in [5.74, 6) is 3.85. The van der Waals surface area contributed by atoms with E-state index in [4.69, 9.17) is 9.47 Å². The number of phenolic OH excluding ortho intramolecular Hbond substituents is 1. The van der Waals surface area contributed by atoms with Crippen LogP contribution in [-0.2, 0) is 9.53 Å². The van der Waals surface area contributed by atoms with Gasteiger partial charge in [0.2, 0.25) is 0 Å². The smallest absolute Gasteiger partial charge is 0.331 e. The van der Waals surface area contributed by atoms with Gasteiger partial charge < -0.3 is 14.6 Å². The lowest BCUT2D eigenvalue weighted by molar-refractivity contribution is -0.185. The van der Waals surface area contributed by atoms with E-state index in [0.29, 0.717) is 39.2 Å². The first-order chi connectivity index (χ1) is 21.1. The number of phenols is 1. The summed E-state index contributed by atoms with van der Waals surface area (Å²) < 4.78 is 11.5. The minimum atomic E-state index is -0.279. The first-order valence-corrected chi connectivity index (χ1v) is 18.1. The van der Waals surface area contributed by atoms with Crippen molar-refractivity contribution in [3.63, 3.8) is 0 Å². The van der Waals surface area contributed by atoms with Crippen molar-refractivity contribution >= 4 is 12.0 Å². The summed E-state index contributed by atoms with van der Waals surface area (Å²) in [6.07, 6.45) is 17.5. The predicted octanol–water partition coefficient (Wildman–Crippen LogP) is 10.4. The van der Waals surface area contributed by atoms with E-state index in [-0.39, 0.29) is 23.2 Å². The van der Waals surface area contributed by atoms with Gasteiger partial charge in [-0.05, 0) is 146 Å². The molecule has 5 saturated carbocycles. The van der Waals surface area contributed by atoms with E-state index in [2.05, 4.69) is 55.0 Å². The first-order valence-electron chi connectivity index (χ1n) is 18.1. The van der Waals surface area contributed by atoms with Crippen LogP contribution in [0.2, 0.25) is 0 Å². The summed E-state index contributed by atoms with van der Waals surface area (Å²) in [4.78, 5) is 13.1. The van der Waals surface area contributed by atoms with Crippen molar-refractivity contribution in [2.75, 3.05) is 7.11 Å². The van der Waals surface area contributed by atoms with E-state index in [1.54, 1.807) is 24.3 Å². The number of esters is 1. The van der Waals surface area contributed by atoms with E-state index in [9.17, 15) is 9.90 Å². The molecular formula is C41H60O4. The lowest BCUT2D eigenvalue weighted by atomic mass is 9.41. The third-order valence-electron chi connectivity index (χ3n) is 15.3. The maximum Gasteiger partial charge on any atom is 0.331 e. The molecule has 0 radical (unpaired) electrons. The Morgan fingerprint density at radius 3 is 2.49 bits per heavy atom. The first kappa shape index (κ1) is 32.7. The largest absolute Gasteiger partial charge is 0.504 e. The van der Waals surface area contributed by atoms with Crippen LogP contribution >= 0.6 is 0 Å². The van der Waals surface area contributed by atoms with Gasteiger partial charge in [-0.15, -0.1) is 0 Å². The molecule has 0 aromatic heterocycles. The zero-order valence-corrected chi connectivity index (χ0v) is 29.5. The number of ether oxygens (including phenoxy) is 2. The number of benzene rings is 1. The number of fused-ring (bicyclic) bond motifs is 2. The highest BCUT2D eigenvalue weighted by Gasteiger charge is 2.83. The fourth-order valence-electron chi connectivity index (χ4n) is 12.7. The Morgan fingerprint density at radius 1 is 1.02 bits per heavy atom. The highest BCUT2D eigenvalue weighted by atomic mass is 16.5. The normalized spacial score (nSPS) is 40.2. The fourth-order valence-corrected chi connectivity index (χ4v) is 12.7. The van der Waals surface area contributed by atoms with Crippen LogP contribution in [0.1, 0.15) is 125 Å². The highest BCUT2D eigenvalue weighted by Crippen LogP contribution is 2.90. The molecule has 4 heteroatoms. The monoisotopic (exact) mass is 616 g/mol. The molecule has 0 saturated heterocycles. The lowest BCUT2D eigenvalue weighted by Crippen LogP contribution is -2.58. The van der Waals surface area contributed by atoms with Gasteiger partial charge in [0.15, 0.2) is 11.5 Å². The predicted molar refractivity (Wildman–Crippen MR) is 183 cm³/mol. The SMILES string of the molecule is C=C(CC[C@@H](C)[C@H]1CC[C@@H]2[C@]1(C)CC[C@]13C[C@@]14CC[C@H](OC(=O)/C=C\c1ccc(O)c(OC)c1)C(C)(C)[C@@H]4CC[C@@]23C)C(C)C. The van der Waals surface area contributed by atoms with Gasteiger partial charge in [0.25, 0.3) is 0 Å². The molecule has 248 valence electrons. The van der Waals surface area contributed by atoms with Crippen molar-refractivity contribution in [1.29, 1.82) is 0 Å². The third kappa shape index (κ3) is 4.85. The molecule has 0 bridgehead atoms. The topological polar surface area (TPSA) is 55.8 Å². The number of methoxy groups -OCH3 is 1. The fraction of sp³-hybridized carbons (Fsp3) is 0.732.